The summed E-state index contributed by atoms with van der Waals surface area (Å²) in [4.78, 5) is 27.8. The molecule has 1 atom stereocenters. The number of hydrogen-bond acceptors (Lipinski definition) is 4. The van der Waals surface area contributed by atoms with Crippen LogP contribution < -0.4 is 0 Å². The fraction of sp³-hybridized carbons (Fsp3) is 0.353. The summed E-state index contributed by atoms with van der Waals surface area (Å²) in [5.74, 6) is -0.457. The number of nitrogens with zero attached hydrogens (tertiary/aromatic N) is 4. The Balaban J connectivity index is 1.66. The van der Waals surface area contributed by atoms with Crippen molar-refractivity contribution >= 4 is 28.1 Å². The van der Waals surface area contributed by atoms with Gasteiger partial charge in [-0.2, -0.15) is 5.10 Å². The molecule has 1 saturated heterocycles. The molecule has 8 heteroatoms. The fourth-order valence-corrected chi connectivity index (χ4v) is 3.54. The summed E-state index contributed by atoms with van der Waals surface area (Å²) < 4.78 is 15.3. The molecule has 0 radical (unpaired) electrons. The highest BCUT2D eigenvalue weighted by molar-refractivity contribution is 9.10. The van der Waals surface area contributed by atoms with Crippen LogP contribution in [-0.4, -0.2) is 58.0 Å². The van der Waals surface area contributed by atoms with Gasteiger partial charge in [-0.1, -0.05) is 12.1 Å². The molecule has 0 unspecified atom stereocenters. The molecule has 2 aromatic rings. The molecule has 1 aromatic carbocycles. The number of aryl methyl sites for hydroxylation is 1. The van der Waals surface area contributed by atoms with Gasteiger partial charge in [0.15, 0.2) is 5.69 Å². The molecule has 25 heavy (non-hydrogen) atoms. The molecule has 1 fully saturated rings. The highest BCUT2D eigenvalue weighted by Crippen LogP contribution is 2.22. The maximum atomic E-state index is 13.1. The van der Waals surface area contributed by atoms with Crippen LogP contribution in [0.1, 0.15) is 22.1 Å². The molecule has 1 aromatic heterocycles. The lowest BCUT2D eigenvalue weighted by Gasteiger charge is -2.37. The minimum Gasteiger partial charge on any atom is -0.335 e. The monoisotopic (exact) mass is 408 g/mol. The van der Waals surface area contributed by atoms with Crippen molar-refractivity contribution in [1.82, 2.24) is 19.6 Å². The molecule has 0 bridgehead atoms. The van der Waals surface area contributed by atoms with E-state index in [1.54, 1.807) is 35.0 Å². The first-order valence-corrected chi connectivity index (χ1v) is 8.72. The summed E-state index contributed by atoms with van der Waals surface area (Å²) in [7, 11) is 1.76. The largest absolute Gasteiger partial charge is 0.335 e. The van der Waals surface area contributed by atoms with Crippen LogP contribution in [0.3, 0.4) is 0 Å². The average Bonchev–Trinajstić information content (AvgIpc) is 2.95. The lowest BCUT2D eigenvalue weighted by molar-refractivity contribution is -0.113. The number of piperazine rings is 1. The van der Waals surface area contributed by atoms with Crippen LogP contribution in [0.25, 0.3) is 0 Å². The summed E-state index contributed by atoms with van der Waals surface area (Å²) in [6.07, 6.45) is 2.60. The fourth-order valence-electron chi connectivity index (χ4n) is 2.99. The van der Waals surface area contributed by atoms with Gasteiger partial charge in [0, 0.05) is 39.4 Å². The Morgan fingerprint density at radius 2 is 1.88 bits per heavy atom. The number of benzene rings is 1. The zero-order valence-corrected chi connectivity index (χ0v) is 15.3. The van der Waals surface area contributed by atoms with E-state index in [-0.39, 0.29) is 11.7 Å². The van der Waals surface area contributed by atoms with E-state index in [2.05, 4.69) is 21.0 Å². The minimum absolute atomic E-state index is 0.128. The first-order valence-electron chi connectivity index (χ1n) is 7.93. The van der Waals surface area contributed by atoms with Gasteiger partial charge in [0.2, 0.25) is 0 Å². The predicted octanol–water partition coefficient (Wildman–Crippen LogP) is 2.02. The van der Waals surface area contributed by atoms with Gasteiger partial charge in [-0.3, -0.25) is 14.4 Å². The van der Waals surface area contributed by atoms with Crippen LogP contribution >= 0.6 is 15.9 Å². The average molecular weight is 409 g/mol. The Bertz CT molecular complexity index is 769. The van der Waals surface area contributed by atoms with E-state index >= 15 is 0 Å². The second kappa shape index (κ2) is 7.45. The Hall–Kier alpha value is -2.06. The third-order valence-corrected chi connectivity index (χ3v) is 4.90. The quantitative estimate of drug-likeness (QED) is 0.726. The van der Waals surface area contributed by atoms with Crippen LogP contribution in [-0.2, 0) is 11.8 Å². The van der Waals surface area contributed by atoms with Gasteiger partial charge < -0.3 is 9.69 Å². The third kappa shape index (κ3) is 3.80. The van der Waals surface area contributed by atoms with Crippen LogP contribution in [0.15, 0.2) is 34.9 Å². The van der Waals surface area contributed by atoms with Crippen LogP contribution in [0.4, 0.5) is 4.39 Å². The van der Waals surface area contributed by atoms with E-state index in [0.29, 0.717) is 36.3 Å². The lowest BCUT2D eigenvalue weighted by atomic mass is 10.1. The molecule has 132 valence electrons. The number of rotatable bonds is 4. The SMILES string of the molecule is Cn1cc(Br)c(C(=O)N2CCN([C@H](C=O)c3ccc(F)cc3)CC2)n1. The molecule has 6 nitrogen and oxygen atoms in total. The van der Waals surface area contributed by atoms with Gasteiger partial charge in [0.25, 0.3) is 5.91 Å². The van der Waals surface area contributed by atoms with Crippen molar-refractivity contribution in [3.63, 3.8) is 0 Å². The molecule has 0 N–H and O–H groups in total. The highest BCUT2D eigenvalue weighted by atomic mass is 79.9. The van der Waals surface area contributed by atoms with Gasteiger partial charge in [0.05, 0.1) is 10.5 Å². The molecule has 1 aliphatic heterocycles. The van der Waals surface area contributed by atoms with Gasteiger partial charge in [-0.25, -0.2) is 4.39 Å². The maximum Gasteiger partial charge on any atom is 0.275 e. The molecule has 0 spiro atoms. The molecule has 1 amide bonds. The van der Waals surface area contributed by atoms with E-state index in [9.17, 15) is 14.0 Å². The van der Waals surface area contributed by atoms with E-state index in [0.717, 1.165) is 11.8 Å². The number of hydrogen-bond donors (Lipinski definition) is 0. The standard InChI is InChI=1S/C17H18BrFN4O2/c1-21-10-14(18)16(20-21)17(25)23-8-6-22(7-9-23)15(11-24)12-2-4-13(19)5-3-12/h2-5,10-11,15H,6-9H2,1H3/t15-/m1/s1. The summed E-state index contributed by atoms with van der Waals surface area (Å²) in [6.45, 7) is 2.15. The molecule has 1 aliphatic rings. The number of amides is 1. The summed E-state index contributed by atoms with van der Waals surface area (Å²) in [5.41, 5.74) is 1.14. The molecular weight excluding hydrogens is 391 g/mol. The Morgan fingerprint density at radius 1 is 1.24 bits per heavy atom. The Morgan fingerprint density at radius 3 is 2.40 bits per heavy atom. The van der Waals surface area contributed by atoms with Crippen LogP contribution in [0.2, 0.25) is 0 Å². The number of halogens is 2. The summed E-state index contributed by atoms with van der Waals surface area (Å²) in [5, 5.41) is 4.18. The van der Waals surface area contributed by atoms with Gasteiger partial charge in [-0.05, 0) is 33.6 Å². The summed E-state index contributed by atoms with van der Waals surface area (Å²) >= 11 is 3.35. The number of carbonyl (C=O) groups is 2. The van der Waals surface area contributed by atoms with Gasteiger partial charge >= 0.3 is 0 Å². The molecule has 0 saturated carbocycles. The van der Waals surface area contributed by atoms with Crippen LogP contribution in [0.5, 0.6) is 0 Å². The number of carbonyl (C=O) groups excluding carboxylic acids is 2. The van der Waals surface area contributed by atoms with Crippen molar-refractivity contribution in [2.45, 2.75) is 6.04 Å². The third-order valence-electron chi connectivity index (χ3n) is 4.32. The van der Waals surface area contributed by atoms with Gasteiger partial charge in [-0.15, -0.1) is 0 Å². The molecule has 0 aliphatic carbocycles. The smallest absolute Gasteiger partial charge is 0.275 e. The van der Waals surface area contributed by atoms with E-state index in [1.165, 1.54) is 12.1 Å². The highest BCUT2D eigenvalue weighted by Gasteiger charge is 2.29. The zero-order chi connectivity index (χ0) is 18.0. The van der Waals surface area contributed by atoms with E-state index in [4.69, 9.17) is 0 Å². The normalized spacial score (nSPS) is 16.7. The number of aromatic nitrogens is 2. The minimum atomic E-state index is -0.431. The lowest BCUT2D eigenvalue weighted by Crippen LogP contribution is -2.50. The second-order valence-electron chi connectivity index (χ2n) is 5.96. The topological polar surface area (TPSA) is 58.4 Å². The van der Waals surface area contributed by atoms with Crippen molar-refractivity contribution < 1.29 is 14.0 Å². The number of aldehydes is 1. The Labute approximate surface area is 153 Å². The van der Waals surface area contributed by atoms with Crippen molar-refractivity contribution in [2.75, 3.05) is 26.2 Å². The molecular formula is C17H18BrFN4O2. The zero-order valence-electron chi connectivity index (χ0n) is 13.7. The first-order chi connectivity index (χ1) is 12.0. The molecule has 3 rings (SSSR count). The first kappa shape index (κ1) is 17.8. The summed E-state index contributed by atoms with van der Waals surface area (Å²) in [6, 6.07) is 5.52. The van der Waals surface area contributed by atoms with Crippen molar-refractivity contribution in [1.29, 1.82) is 0 Å². The van der Waals surface area contributed by atoms with Crippen LogP contribution in [0, 0.1) is 5.82 Å². The second-order valence-corrected chi connectivity index (χ2v) is 6.81. The van der Waals surface area contributed by atoms with Gasteiger partial charge in [0.1, 0.15) is 12.1 Å². The van der Waals surface area contributed by atoms with E-state index < -0.39 is 6.04 Å². The van der Waals surface area contributed by atoms with Crippen molar-refractivity contribution in [3.8, 4) is 0 Å². The van der Waals surface area contributed by atoms with Crippen molar-refractivity contribution in [2.24, 2.45) is 7.05 Å². The molecule has 2 heterocycles. The maximum absolute atomic E-state index is 13.1. The van der Waals surface area contributed by atoms with E-state index in [1.807, 2.05) is 4.90 Å². The van der Waals surface area contributed by atoms with Crippen molar-refractivity contribution in [3.05, 3.63) is 52.0 Å². The Kier molecular flexibility index (Phi) is 5.29. The predicted molar refractivity (Wildman–Crippen MR) is 93.6 cm³/mol.